The molecule has 1 aliphatic heterocycles. The van der Waals surface area contributed by atoms with Crippen molar-refractivity contribution in [2.75, 3.05) is 20.3 Å². The minimum absolute atomic E-state index is 0.426. The second-order valence-electron chi connectivity index (χ2n) is 5.87. The number of hydrogen-bond acceptors (Lipinski definition) is 4. The molecule has 21 heavy (non-hydrogen) atoms. The van der Waals surface area contributed by atoms with Gasteiger partial charge in [-0.3, -0.25) is 0 Å². The van der Waals surface area contributed by atoms with Gasteiger partial charge in [0.25, 0.3) is 0 Å². The Kier molecular flexibility index (Phi) is 4.66. The molecule has 2 fully saturated rings. The second-order valence-corrected chi connectivity index (χ2v) is 5.87. The number of benzene rings is 1. The first-order valence-corrected chi connectivity index (χ1v) is 7.96. The Morgan fingerprint density at radius 2 is 2.10 bits per heavy atom. The minimum Gasteiger partial charge on any atom is -0.493 e. The molecule has 0 radical (unpaired) electrons. The first-order chi connectivity index (χ1) is 10.3. The number of rotatable bonds is 7. The fraction of sp³-hybridized carbons (Fsp3) is 0.647. The maximum Gasteiger partial charge on any atom is 0.161 e. The van der Waals surface area contributed by atoms with E-state index in [2.05, 4.69) is 17.4 Å². The highest BCUT2D eigenvalue weighted by Crippen LogP contribution is 2.38. The van der Waals surface area contributed by atoms with E-state index >= 15 is 0 Å². The van der Waals surface area contributed by atoms with E-state index in [9.17, 15) is 0 Å². The van der Waals surface area contributed by atoms with Gasteiger partial charge in [-0.1, -0.05) is 6.07 Å². The smallest absolute Gasteiger partial charge is 0.161 e. The van der Waals surface area contributed by atoms with Gasteiger partial charge in [-0.05, 0) is 49.8 Å². The third kappa shape index (κ3) is 3.50. The predicted molar refractivity (Wildman–Crippen MR) is 81.9 cm³/mol. The Hall–Kier alpha value is -1.26. The zero-order valence-corrected chi connectivity index (χ0v) is 12.9. The maximum absolute atomic E-state index is 5.87. The number of hydrogen-bond donors (Lipinski definition) is 1. The van der Waals surface area contributed by atoms with Crippen LogP contribution in [0.25, 0.3) is 0 Å². The van der Waals surface area contributed by atoms with Crippen molar-refractivity contribution in [3.8, 4) is 11.5 Å². The SMILES string of the molecule is CCOc1cc(CNC2CCOC2C2CC2)ccc1OC. The molecule has 1 aromatic rings. The molecule has 0 amide bonds. The molecule has 1 aliphatic carbocycles. The molecule has 1 aromatic carbocycles. The quantitative estimate of drug-likeness (QED) is 0.838. The Morgan fingerprint density at radius 1 is 1.24 bits per heavy atom. The van der Waals surface area contributed by atoms with Crippen LogP contribution in [-0.4, -0.2) is 32.5 Å². The topological polar surface area (TPSA) is 39.7 Å². The van der Waals surface area contributed by atoms with Gasteiger partial charge in [0.05, 0.1) is 19.8 Å². The van der Waals surface area contributed by atoms with Crippen molar-refractivity contribution < 1.29 is 14.2 Å². The summed E-state index contributed by atoms with van der Waals surface area (Å²) in [7, 11) is 1.67. The summed E-state index contributed by atoms with van der Waals surface area (Å²) in [5.74, 6) is 2.40. The van der Waals surface area contributed by atoms with Gasteiger partial charge in [0.2, 0.25) is 0 Å². The average Bonchev–Trinajstić information content (AvgIpc) is 3.24. The summed E-state index contributed by atoms with van der Waals surface area (Å²) in [6, 6.07) is 6.63. The molecule has 2 atom stereocenters. The molecule has 116 valence electrons. The lowest BCUT2D eigenvalue weighted by Crippen LogP contribution is -2.37. The summed E-state index contributed by atoms with van der Waals surface area (Å²) < 4.78 is 16.8. The Balaban J connectivity index is 1.60. The molecular weight excluding hydrogens is 266 g/mol. The molecule has 1 saturated heterocycles. The second kappa shape index (κ2) is 6.67. The van der Waals surface area contributed by atoms with Gasteiger partial charge in [-0.15, -0.1) is 0 Å². The van der Waals surface area contributed by atoms with E-state index in [1.165, 1.54) is 18.4 Å². The molecule has 0 aromatic heterocycles. The molecule has 4 heteroatoms. The summed E-state index contributed by atoms with van der Waals surface area (Å²) in [5, 5.41) is 3.65. The number of nitrogens with one attached hydrogen (secondary N) is 1. The monoisotopic (exact) mass is 291 g/mol. The average molecular weight is 291 g/mol. The molecule has 0 spiro atoms. The highest BCUT2D eigenvalue weighted by atomic mass is 16.5. The van der Waals surface area contributed by atoms with E-state index in [1.807, 2.05) is 13.0 Å². The van der Waals surface area contributed by atoms with E-state index in [0.717, 1.165) is 37.0 Å². The Bertz CT molecular complexity index is 473. The summed E-state index contributed by atoms with van der Waals surface area (Å²) in [6.45, 7) is 4.38. The number of methoxy groups -OCH3 is 1. The fourth-order valence-electron chi connectivity index (χ4n) is 3.07. The largest absolute Gasteiger partial charge is 0.493 e. The van der Waals surface area contributed by atoms with Crippen LogP contribution in [0.4, 0.5) is 0 Å². The number of ether oxygens (including phenoxy) is 3. The van der Waals surface area contributed by atoms with Gasteiger partial charge in [-0.25, -0.2) is 0 Å². The third-order valence-corrected chi connectivity index (χ3v) is 4.32. The van der Waals surface area contributed by atoms with E-state index in [0.29, 0.717) is 18.8 Å². The van der Waals surface area contributed by atoms with Crippen LogP contribution >= 0.6 is 0 Å². The molecule has 3 rings (SSSR count). The van der Waals surface area contributed by atoms with E-state index in [1.54, 1.807) is 7.11 Å². The van der Waals surface area contributed by atoms with Gasteiger partial charge in [0.1, 0.15) is 0 Å². The van der Waals surface area contributed by atoms with Crippen molar-refractivity contribution >= 4 is 0 Å². The molecule has 2 aliphatic rings. The third-order valence-electron chi connectivity index (χ3n) is 4.32. The zero-order valence-electron chi connectivity index (χ0n) is 12.9. The normalized spacial score (nSPS) is 25.0. The Morgan fingerprint density at radius 3 is 2.81 bits per heavy atom. The van der Waals surface area contributed by atoms with Crippen LogP contribution in [0.15, 0.2) is 18.2 Å². The van der Waals surface area contributed by atoms with Crippen molar-refractivity contribution in [3.63, 3.8) is 0 Å². The van der Waals surface area contributed by atoms with Crippen LogP contribution in [0.1, 0.15) is 31.7 Å². The van der Waals surface area contributed by atoms with E-state index in [-0.39, 0.29) is 0 Å². The van der Waals surface area contributed by atoms with Gasteiger partial charge in [0.15, 0.2) is 11.5 Å². The van der Waals surface area contributed by atoms with Crippen molar-refractivity contribution in [3.05, 3.63) is 23.8 Å². The molecule has 1 saturated carbocycles. The molecule has 1 heterocycles. The minimum atomic E-state index is 0.426. The van der Waals surface area contributed by atoms with Gasteiger partial charge >= 0.3 is 0 Å². The maximum atomic E-state index is 5.87. The lowest BCUT2D eigenvalue weighted by atomic mass is 10.1. The molecule has 0 bridgehead atoms. The Labute approximate surface area is 126 Å². The fourth-order valence-corrected chi connectivity index (χ4v) is 3.07. The lowest BCUT2D eigenvalue weighted by molar-refractivity contribution is 0.0809. The predicted octanol–water partition coefficient (Wildman–Crippen LogP) is 2.75. The summed E-state index contributed by atoms with van der Waals surface area (Å²) in [4.78, 5) is 0. The molecular formula is C17H25NO3. The standard InChI is InChI=1S/C17H25NO3/c1-3-20-16-10-12(4-7-15(16)19-2)11-18-14-8-9-21-17(14)13-5-6-13/h4,7,10,13-14,17-18H,3,5-6,8-9,11H2,1-2H3. The van der Waals surface area contributed by atoms with Gasteiger partial charge < -0.3 is 19.5 Å². The molecule has 2 unspecified atom stereocenters. The van der Waals surface area contributed by atoms with Crippen LogP contribution in [0.5, 0.6) is 11.5 Å². The lowest BCUT2D eigenvalue weighted by Gasteiger charge is -2.20. The van der Waals surface area contributed by atoms with Crippen LogP contribution in [0.3, 0.4) is 0 Å². The van der Waals surface area contributed by atoms with Crippen molar-refractivity contribution in [2.45, 2.75) is 44.9 Å². The summed E-state index contributed by atoms with van der Waals surface area (Å²) in [5.41, 5.74) is 1.22. The summed E-state index contributed by atoms with van der Waals surface area (Å²) >= 11 is 0. The van der Waals surface area contributed by atoms with Gasteiger partial charge in [-0.2, -0.15) is 0 Å². The van der Waals surface area contributed by atoms with Crippen molar-refractivity contribution in [2.24, 2.45) is 5.92 Å². The first-order valence-electron chi connectivity index (χ1n) is 7.96. The van der Waals surface area contributed by atoms with Crippen molar-refractivity contribution in [1.29, 1.82) is 0 Å². The molecule has 1 N–H and O–H groups in total. The van der Waals surface area contributed by atoms with Crippen LogP contribution in [-0.2, 0) is 11.3 Å². The van der Waals surface area contributed by atoms with E-state index < -0.39 is 0 Å². The first kappa shape index (κ1) is 14.7. The highest BCUT2D eigenvalue weighted by Gasteiger charge is 2.40. The zero-order chi connectivity index (χ0) is 14.7. The van der Waals surface area contributed by atoms with Gasteiger partial charge in [0, 0.05) is 19.2 Å². The highest BCUT2D eigenvalue weighted by molar-refractivity contribution is 5.42. The van der Waals surface area contributed by atoms with Crippen LogP contribution < -0.4 is 14.8 Å². The molecule has 4 nitrogen and oxygen atoms in total. The van der Waals surface area contributed by atoms with Crippen LogP contribution in [0, 0.1) is 5.92 Å². The summed E-state index contributed by atoms with van der Waals surface area (Å²) in [6.07, 6.45) is 4.21. The van der Waals surface area contributed by atoms with Crippen molar-refractivity contribution in [1.82, 2.24) is 5.32 Å². The van der Waals surface area contributed by atoms with Crippen LogP contribution in [0.2, 0.25) is 0 Å². The van der Waals surface area contributed by atoms with E-state index in [4.69, 9.17) is 14.2 Å².